The molecule has 2 aromatic rings. The number of hydrogen-bond acceptors (Lipinski definition) is 2. The Hall–Kier alpha value is -1.64. The molecule has 6 rings (SSSR count). The van der Waals surface area contributed by atoms with Crippen molar-refractivity contribution in [3.05, 3.63) is 70.8 Å². The minimum Gasteiger partial charge on any atom is -0.388 e. The van der Waals surface area contributed by atoms with E-state index < -0.39 is 5.60 Å². The first kappa shape index (κ1) is 14.5. The fourth-order valence-corrected chi connectivity index (χ4v) is 6.65. The van der Waals surface area contributed by atoms with Crippen molar-refractivity contribution in [2.45, 2.75) is 36.2 Å². The second-order valence-electron chi connectivity index (χ2n) is 8.73. The normalized spacial score (nSPS) is 38.8. The molecule has 1 aliphatic heterocycles. The smallest absolute Gasteiger partial charge is 0.0825 e. The van der Waals surface area contributed by atoms with Crippen LogP contribution in [0.25, 0.3) is 0 Å². The van der Waals surface area contributed by atoms with E-state index in [0.29, 0.717) is 23.7 Å². The van der Waals surface area contributed by atoms with Crippen LogP contribution in [0.5, 0.6) is 0 Å². The molecule has 0 radical (unpaired) electrons. The van der Waals surface area contributed by atoms with Gasteiger partial charge in [-0.2, -0.15) is 0 Å². The molecule has 4 aliphatic rings. The van der Waals surface area contributed by atoms with Crippen LogP contribution in [0, 0.1) is 11.8 Å². The number of aliphatic hydroxyl groups is 1. The summed E-state index contributed by atoms with van der Waals surface area (Å²) in [6.45, 7) is 2.23. The Morgan fingerprint density at radius 2 is 1.32 bits per heavy atom. The van der Waals surface area contributed by atoms with Crippen molar-refractivity contribution in [1.29, 1.82) is 0 Å². The zero-order chi connectivity index (χ0) is 16.8. The number of fused-ring (bicyclic) bond motifs is 8. The van der Waals surface area contributed by atoms with Gasteiger partial charge in [0.25, 0.3) is 0 Å². The van der Waals surface area contributed by atoms with E-state index in [4.69, 9.17) is 0 Å². The maximum Gasteiger partial charge on any atom is 0.0825 e. The molecule has 1 heterocycles. The van der Waals surface area contributed by atoms with E-state index in [1.807, 2.05) is 0 Å². The van der Waals surface area contributed by atoms with Gasteiger partial charge in [0.1, 0.15) is 0 Å². The van der Waals surface area contributed by atoms with Crippen molar-refractivity contribution < 1.29 is 5.11 Å². The molecule has 25 heavy (non-hydrogen) atoms. The first-order chi connectivity index (χ1) is 12.2. The number of hydrogen-bond donors (Lipinski definition) is 1. The quantitative estimate of drug-likeness (QED) is 0.861. The minimum absolute atomic E-state index is 0.160. The number of piperidine rings is 1. The van der Waals surface area contributed by atoms with Crippen LogP contribution < -0.4 is 0 Å². The van der Waals surface area contributed by atoms with Crippen molar-refractivity contribution in [3.8, 4) is 0 Å². The molecular formula is C23H25NO. The Morgan fingerprint density at radius 3 is 1.84 bits per heavy atom. The highest BCUT2D eigenvalue weighted by molar-refractivity contribution is 5.62. The van der Waals surface area contributed by atoms with Crippen LogP contribution >= 0.6 is 0 Å². The molecule has 2 nitrogen and oxygen atoms in total. The maximum atomic E-state index is 12.3. The van der Waals surface area contributed by atoms with Gasteiger partial charge in [0.15, 0.2) is 0 Å². The predicted molar refractivity (Wildman–Crippen MR) is 98.9 cm³/mol. The van der Waals surface area contributed by atoms with E-state index in [9.17, 15) is 5.11 Å². The third-order valence-electron chi connectivity index (χ3n) is 7.72. The minimum atomic E-state index is -0.556. The summed E-state index contributed by atoms with van der Waals surface area (Å²) in [5.74, 6) is 2.07. The molecule has 1 saturated carbocycles. The van der Waals surface area contributed by atoms with Gasteiger partial charge in [-0.1, -0.05) is 48.5 Å². The summed E-state index contributed by atoms with van der Waals surface area (Å²) in [6.07, 6.45) is 2.26. The van der Waals surface area contributed by atoms with E-state index in [1.165, 1.54) is 22.3 Å². The van der Waals surface area contributed by atoms with Crippen LogP contribution in [-0.2, 0) is 0 Å². The average molecular weight is 331 g/mol. The zero-order valence-corrected chi connectivity index (χ0v) is 14.7. The van der Waals surface area contributed by atoms with E-state index in [-0.39, 0.29) is 5.92 Å². The average Bonchev–Trinajstić information content (AvgIpc) is 3.41. The topological polar surface area (TPSA) is 23.5 Å². The monoisotopic (exact) mass is 331 g/mol. The van der Waals surface area contributed by atoms with E-state index >= 15 is 0 Å². The maximum absolute atomic E-state index is 12.3. The summed E-state index contributed by atoms with van der Waals surface area (Å²) >= 11 is 0. The van der Waals surface area contributed by atoms with Gasteiger partial charge in [-0.15, -0.1) is 0 Å². The Kier molecular flexibility index (Phi) is 2.76. The third-order valence-corrected chi connectivity index (χ3v) is 7.72. The third kappa shape index (κ3) is 1.68. The molecular weight excluding hydrogens is 306 g/mol. The van der Waals surface area contributed by atoms with Crippen LogP contribution in [-0.4, -0.2) is 35.7 Å². The highest BCUT2D eigenvalue weighted by atomic mass is 16.3. The molecule has 3 aliphatic carbocycles. The van der Waals surface area contributed by atoms with Gasteiger partial charge < -0.3 is 10.0 Å². The summed E-state index contributed by atoms with van der Waals surface area (Å²) in [4.78, 5) is 2.41. The summed E-state index contributed by atoms with van der Waals surface area (Å²) in [6, 6.07) is 17.9. The molecule has 2 fully saturated rings. The molecule has 128 valence electrons. The van der Waals surface area contributed by atoms with Gasteiger partial charge in [0.2, 0.25) is 0 Å². The molecule has 2 bridgehead atoms. The second-order valence-corrected chi connectivity index (χ2v) is 8.73. The fourth-order valence-electron chi connectivity index (χ4n) is 6.65. The van der Waals surface area contributed by atoms with Crippen LogP contribution in [0.3, 0.4) is 0 Å². The van der Waals surface area contributed by atoms with E-state index in [1.54, 1.807) is 0 Å². The van der Waals surface area contributed by atoms with Crippen molar-refractivity contribution in [3.63, 3.8) is 0 Å². The molecule has 1 saturated heterocycles. The number of rotatable bonds is 1. The van der Waals surface area contributed by atoms with Gasteiger partial charge in [-0.3, -0.25) is 0 Å². The molecule has 2 heteroatoms. The fraction of sp³-hybridized carbons (Fsp3) is 0.478. The number of benzene rings is 2. The molecule has 0 amide bonds. The lowest BCUT2D eigenvalue weighted by Crippen LogP contribution is -2.53. The van der Waals surface area contributed by atoms with Crippen molar-refractivity contribution in [1.82, 2.24) is 4.90 Å². The van der Waals surface area contributed by atoms with E-state index in [0.717, 1.165) is 25.9 Å². The predicted octanol–water partition coefficient (Wildman–Crippen LogP) is 3.72. The highest BCUT2D eigenvalue weighted by Crippen LogP contribution is 2.77. The lowest BCUT2D eigenvalue weighted by atomic mass is 9.59. The van der Waals surface area contributed by atoms with Crippen molar-refractivity contribution >= 4 is 0 Å². The molecule has 0 aromatic heterocycles. The van der Waals surface area contributed by atoms with Crippen molar-refractivity contribution in [2.24, 2.45) is 11.8 Å². The van der Waals surface area contributed by atoms with Crippen LogP contribution in [0.4, 0.5) is 0 Å². The summed E-state index contributed by atoms with van der Waals surface area (Å²) < 4.78 is 0. The lowest BCUT2D eigenvalue weighted by Gasteiger charge is -2.50. The van der Waals surface area contributed by atoms with Crippen molar-refractivity contribution in [2.75, 3.05) is 20.1 Å². The van der Waals surface area contributed by atoms with Gasteiger partial charge in [-0.05, 0) is 73.0 Å². The Bertz CT molecular complexity index is 799. The Labute approximate surface area is 149 Å². The van der Waals surface area contributed by atoms with Crippen LogP contribution in [0.1, 0.15) is 52.8 Å². The molecule has 1 N–H and O–H groups in total. The second kappa shape index (κ2) is 4.75. The Balaban J connectivity index is 1.57. The number of likely N-dealkylation sites (tertiary alicyclic amines) is 1. The van der Waals surface area contributed by atoms with E-state index in [2.05, 4.69) is 60.5 Å². The van der Waals surface area contributed by atoms with Gasteiger partial charge in [0.05, 0.1) is 5.60 Å². The lowest BCUT2D eigenvalue weighted by molar-refractivity contribution is -0.0809. The first-order valence-corrected chi connectivity index (χ1v) is 9.80. The van der Waals surface area contributed by atoms with Crippen LogP contribution in [0.2, 0.25) is 0 Å². The summed E-state index contributed by atoms with van der Waals surface area (Å²) in [7, 11) is 2.21. The number of nitrogens with zero attached hydrogens (tertiary/aromatic N) is 1. The standard InChI is InChI=1S/C23H25NO/c1-24-12-10-14(11-13-24)23(25)21-17-8-4-2-6-15(17)19-20(22(19)23)16-7-3-5-9-18(16)21/h2-9,14,19-22,25H,10-13H2,1H3. The summed E-state index contributed by atoms with van der Waals surface area (Å²) in [5.41, 5.74) is 5.27. The summed E-state index contributed by atoms with van der Waals surface area (Å²) in [5, 5.41) is 12.3. The molecule has 0 spiro atoms. The Morgan fingerprint density at radius 1 is 0.840 bits per heavy atom. The molecule has 2 aromatic carbocycles. The first-order valence-electron chi connectivity index (χ1n) is 9.80. The van der Waals surface area contributed by atoms with Gasteiger partial charge >= 0.3 is 0 Å². The molecule has 3 unspecified atom stereocenters. The SMILES string of the molecule is CN1CCC(C2(O)C3c4ccccc4C4C(c5ccccc53)C42)CC1. The zero-order valence-electron chi connectivity index (χ0n) is 14.7. The van der Waals surface area contributed by atoms with Crippen LogP contribution in [0.15, 0.2) is 48.5 Å². The highest BCUT2D eigenvalue weighted by Gasteiger charge is 2.72. The molecule has 3 atom stereocenters. The largest absolute Gasteiger partial charge is 0.388 e. The van der Waals surface area contributed by atoms with Gasteiger partial charge in [0, 0.05) is 11.8 Å². The van der Waals surface area contributed by atoms with Gasteiger partial charge in [-0.25, -0.2) is 0 Å².